The largest absolute Gasteiger partial charge is 0.508 e. The monoisotopic (exact) mass is 298 g/mol. The molecule has 0 atom stereocenters. The van der Waals surface area contributed by atoms with Gasteiger partial charge in [0.15, 0.2) is 5.78 Å². The quantitative estimate of drug-likeness (QED) is 0.687. The summed E-state index contributed by atoms with van der Waals surface area (Å²) in [5, 5.41) is 9.11. The van der Waals surface area contributed by atoms with Crippen LogP contribution in [0.1, 0.15) is 21.5 Å². The normalized spacial score (nSPS) is 11.4. The summed E-state index contributed by atoms with van der Waals surface area (Å²) in [6.07, 6.45) is -5.04. The topological polar surface area (TPSA) is 37.3 Å². The number of phenolic OH excluding ortho intramolecular Hbond substituents is 1. The number of carbonyl (C=O) groups is 1. The van der Waals surface area contributed by atoms with Gasteiger partial charge in [-0.15, -0.1) is 0 Å². The van der Waals surface area contributed by atoms with E-state index in [4.69, 9.17) is 5.11 Å². The van der Waals surface area contributed by atoms with Crippen LogP contribution in [0.4, 0.5) is 17.6 Å². The molecule has 2 aromatic carbocycles. The van der Waals surface area contributed by atoms with Gasteiger partial charge in [0.1, 0.15) is 11.6 Å². The van der Waals surface area contributed by atoms with Crippen molar-refractivity contribution >= 4 is 5.78 Å². The van der Waals surface area contributed by atoms with Gasteiger partial charge in [-0.1, -0.05) is 12.1 Å². The molecule has 2 nitrogen and oxygen atoms in total. The fraction of sp³-hybridized carbons (Fsp3) is 0.133. The van der Waals surface area contributed by atoms with Crippen LogP contribution in [0.5, 0.6) is 5.75 Å². The SMILES string of the molecule is O=C(Cc1ccc(O)cc1)c1cc(F)ccc1C(F)(F)F. The minimum Gasteiger partial charge on any atom is -0.508 e. The lowest BCUT2D eigenvalue weighted by atomic mass is 9.98. The molecule has 0 saturated carbocycles. The average molecular weight is 298 g/mol. The van der Waals surface area contributed by atoms with Crippen molar-refractivity contribution in [3.05, 3.63) is 65.0 Å². The van der Waals surface area contributed by atoms with E-state index in [2.05, 4.69) is 0 Å². The Labute approximate surface area is 117 Å². The number of alkyl halides is 3. The summed E-state index contributed by atoms with van der Waals surface area (Å²) in [5.41, 5.74) is -1.43. The van der Waals surface area contributed by atoms with E-state index in [-0.39, 0.29) is 12.2 Å². The van der Waals surface area contributed by atoms with E-state index in [0.29, 0.717) is 23.8 Å². The summed E-state index contributed by atoms with van der Waals surface area (Å²) in [5.74, 6) is -1.77. The van der Waals surface area contributed by atoms with Crippen LogP contribution in [-0.2, 0) is 12.6 Å². The van der Waals surface area contributed by atoms with Gasteiger partial charge < -0.3 is 5.11 Å². The highest BCUT2D eigenvalue weighted by molar-refractivity contribution is 5.99. The minimum atomic E-state index is -4.73. The second kappa shape index (κ2) is 5.55. The van der Waals surface area contributed by atoms with Crippen LogP contribution < -0.4 is 0 Å². The number of benzene rings is 2. The zero-order valence-corrected chi connectivity index (χ0v) is 10.6. The van der Waals surface area contributed by atoms with E-state index in [1.54, 1.807) is 0 Å². The molecular weight excluding hydrogens is 288 g/mol. The van der Waals surface area contributed by atoms with Gasteiger partial charge in [-0.2, -0.15) is 13.2 Å². The molecule has 2 aromatic rings. The number of aromatic hydroxyl groups is 1. The molecule has 0 spiro atoms. The third-order valence-electron chi connectivity index (χ3n) is 2.89. The van der Waals surface area contributed by atoms with Crippen molar-refractivity contribution < 1.29 is 27.5 Å². The fourth-order valence-electron chi connectivity index (χ4n) is 1.89. The average Bonchev–Trinajstić information content (AvgIpc) is 2.40. The predicted molar refractivity (Wildman–Crippen MR) is 67.5 cm³/mol. The Morgan fingerprint density at radius 3 is 2.24 bits per heavy atom. The lowest BCUT2D eigenvalue weighted by Gasteiger charge is -2.12. The molecule has 110 valence electrons. The molecule has 0 heterocycles. The number of hydrogen-bond acceptors (Lipinski definition) is 2. The summed E-state index contributed by atoms with van der Waals surface area (Å²) in [6, 6.07) is 7.28. The molecule has 0 aliphatic heterocycles. The second-order valence-electron chi connectivity index (χ2n) is 4.45. The van der Waals surface area contributed by atoms with E-state index in [1.807, 2.05) is 0 Å². The van der Waals surface area contributed by atoms with Gasteiger partial charge in [0, 0.05) is 12.0 Å². The number of rotatable bonds is 3. The van der Waals surface area contributed by atoms with Crippen molar-refractivity contribution in [1.82, 2.24) is 0 Å². The summed E-state index contributed by atoms with van der Waals surface area (Å²) < 4.78 is 51.6. The molecule has 0 unspecified atom stereocenters. The van der Waals surface area contributed by atoms with Crippen molar-refractivity contribution in [1.29, 1.82) is 0 Å². The number of carbonyl (C=O) groups excluding carboxylic acids is 1. The third kappa shape index (κ3) is 3.59. The highest BCUT2D eigenvalue weighted by Crippen LogP contribution is 2.33. The van der Waals surface area contributed by atoms with Crippen LogP contribution in [0.3, 0.4) is 0 Å². The van der Waals surface area contributed by atoms with E-state index in [0.717, 1.165) is 0 Å². The van der Waals surface area contributed by atoms with Gasteiger partial charge in [0.25, 0.3) is 0 Å². The molecular formula is C15H10F4O2. The summed E-state index contributed by atoms with van der Waals surface area (Å²) >= 11 is 0. The zero-order chi connectivity index (χ0) is 15.6. The first-order valence-electron chi connectivity index (χ1n) is 5.95. The number of phenols is 1. The van der Waals surface area contributed by atoms with Crippen molar-refractivity contribution in [3.8, 4) is 5.75 Å². The van der Waals surface area contributed by atoms with Gasteiger partial charge in [0.2, 0.25) is 0 Å². The van der Waals surface area contributed by atoms with Crippen LogP contribution in [0.2, 0.25) is 0 Å². The Kier molecular flexibility index (Phi) is 3.97. The number of hydrogen-bond donors (Lipinski definition) is 1. The lowest BCUT2D eigenvalue weighted by molar-refractivity contribution is -0.137. The second-order valence-corrected chi connectivity index (χ2v) is 4.45. The Morgan fingerprint density at radius 1 is 1.05 bits per heavy atom. The molecule has 0 amide bonds. The molecule has 2 rings (SSSR count). The molecule has 0 aliphatic rings. The molecule has 0 saturated heterocycles. The molecule has 0 aromatic heterocycles. The Bertz CT molecular complexity index is 660. The fourth-order valence-corrected chi connectivity index (χ4v) is 1.89. The Balaban J connectivity index is 2.34. The molecule has 0 fully saturated rings. The molecule has 0 aliphatic carbocycles. The molecule has 0 radical (unpaired) electrons. The highest BCUT2D eigenvalue weighted by Gasteiger charge is 2.35. The Hall–Kier alpha value is -2.37. The number of halogens is 4. The van der Waals surface area contributed by atoms with E-state index in [1.165, 1.54) is 24.3 Å². The van der Waals surface area contributed by atoms with Gasteiger partial charge in [-0.05, 0) is 35.9 Å². The van der Waals surface area contributed by atoms with Gasteiger partial charge >= 0.3 is 6.18 Å². The van der Waals surface area contributed by atoms with Crippen LogP contribution >= 0.6 is 0 Å². The number of ketones is 1. The van der Waals surface area contributed by atoms with Crippen molar-refractivity contribution in [2.45, 2.75) is 12.6 Å². The molecule has 1 N–H and O–H groups in total. The maximum absolute atomic E-state index is 13.1. The summed E-state index contributed by atoms with van der Waals surface area (Å²) in [4.78, 5) is 12.0. The molecule has 0 bridgehead atoms. The van der Waals surface area contributed by atoms with Crippen molar-refractivity contribution in [2.75, 3.05) is 0 Å². The van der Waals surface area contributed by atoms with Crippen molar-refractivity contribution in [3.63, 3.8) is 0 Å². The highest BCUT2D eigenvalue weighted by atomic mass is 19.4. The third-order valence-corrected chi connectivity index (χ3v) is 2.89. The maximum atomic E-state index is 13.1. The van der Waals surface area contributed by atoms with E-state index >= 15 is 0 Å². The van der Waals surface area contributed by atoms with Gasteiger partial charge in [-0.3, -0.25) is 4.79 Å². The van der Waals surface area contributed by atoms with Gasteiger partial charge in [0.05, 0.1) is 5.56 Å². The first-order valence-corrected chi connectivity index (χ1v) is 5.95. The zero-order valence-electron chi connectivity index (χ0n) is 10.6. The molecule has 6 heteroatoms. The number of Topliss-reactive ketones (excluding diaryl/α,β-unsaturated/α-hetero) is 1. The van der Waals surface area contributed by atoms with Crippen LogP contribution in [0, 0.1) is 5.82 Å². The minimum absolute atomic E-state index is 0.0204. The van der Waals surface area contributed by atoms with Gasteiger partial charge in [-0.25, -0.2) is 4.39 Å². The smallest absolute Gasteiger partial charge is 0.417 e. The maximum Gasteiger partial charge on any atom is 0.417 e. The van der Waals surface area contributed by atoms with Crippen LogP contribution in [0.25, 0.3) is 0 Å². The summed E-state index contributed by atoms with van der Waals surface area (Å²) in [6.45, 7) is 0. The first-order chi connectivity index (χ1) is 9.77. The predicted octanol–water partition coefficient (Wildman–Crippen LogP) is 3.98. The first kappa shape index (κ1) is 15.0. The van der Waals surface area contributed by atoms with Crippen LogP contribution in [-0.4, -0.2) is 10.9 Å². The van der Waals surface area contributed by atoms with Crippen LogP contribution in [0.15, 0.2) is 42.5 Å². The van der Waals surface area contributed by atoms with Crippen molar-refractivity contribution in [2.24, 2.45) is 0 Å². The Morgan fingerprint density at radius 2 is 1.67 bits per heavy atom. The van der Waals surface area contributed by atoms with E-state index < -0.39 is 28.9 Å². The summed E-state index contributed by atoms with van der Waals surface area (Å²) in [7, 11) is 0. The standard InChI is InChI=1S/C15H10F4O2/c16-10-3-6-13(15(17,18)19)12(8-10)14(21)7-9-1-4-11(20)5-2-9/h1-6,8,20H,7H2. The molecule has 21 heavy (non-hydrogen) atoms. The lowest BCUT2D eigenvalue weighted by Crippen LogP contribution is -2.15. The van der Waals surface area contributed by atoms with E-state index in [9.17, 15) is 22.4 Å².